The molecule has 1 amide bonds. The Morgan fingerprint density at radius 3 is 2.67 bits per heavy atom. The van der Waals surface area contributed by atoms with Gasteiger partial charge in [-0.3, -0.25) is 9.69 Å². The summed E-state index contributed by atoms with van der Waals surface area (Å²) in [4.78, 5) is 23.1. The zero-order valence-corrected chi connectivity index (χ0v) is 18.7. The number of carbonyl (C=O) groups excluding carboxylic acids is 1. The first-order valence-corrected chi connectivity index (χ1v) is 11.6. The van der Waals surface area contributed by atoms with Crippen molar-refractivity contribution in [3.63, 3.8) is 0 Å². The van der Waals surface area contributed by atoms with E-state index in [1.165, 1.54) is 18.4 Å². The highest BCUT2D eigenvalue weighted by Gasteiger charge is 2.58. The zero-order chi connectivity index (χ0) is 20.9. The minimum Gasteiger partial charge on any atom is -0.342 e. The van der Waals surface area contributed by atoms with Crippen LogP contribution in [0.2, 0.25) is 5.02 Å². The number of imidazole rings is 1. The largest absolute Gasteiger partial charge is 0.342 e. The number of benzene rings is 1. The maximum atomic E-state index is 13.7. The number of aromatic nitrogens is 2. The number of rotatable bonds is 6. The predicted molar refractivity (Wildman–Crippen MR) is 118 cm³/mol. The second-order valence-corrected chi connectivity index (χ2v) is 10.2. The molecule has 30 heavy (non-hydrogen) atoms. The van der Waals surface area contributed by atoms with E-state index in [-0.39, 0.29) is 11.3 Å². The van der Waals surface area contributed by atoms with E-state index < -0.39 is 0 Å². The Hall–Kier alpha value is -1.85. The van der Waals surface area contributed by atoms with Gasteiger partial charge < -0.3 is 9.47 Å². The van der Waals surface area contributed by atoms with Gasteiger partial charge in [-0.2, -0.15) is 0 Å². The molecule has 1 saturated carbocycles. The summed E-state index contributed by atoms with van der Waals surface area (Å²) in [6, 6.07) is 8.45. The van der Waals surface area contributed by atoms with Crippen LogP contribution < -0.4 is 0 Å². The summed E-state index contributed by atoms with van der Waals surface area (Å²) in [5, 5.41) is 0.760. The summed E-state index contributed by atoms with van der Waals surface area (Å²) in [6.07, 6.45) is 7.59. The van der Waals surface area contributed by atoms with Crippen LogP contribution in [0, 0.1) is 11.3 Å². The third-order valence-corrected chi connectivity index (χ3v) is 7.48. The molecule has 2 atom stereocenters. The number of hydrogen-bond donors (Lipinski definition) is 0. The molecule has 1 aliphatic carbocycles. The van der Waals surface area contributed by atoms with Gasteiger partial charge in [0.05, 0.1) is 17.4 Å². The van der Waals surface area contributed by atoms with Gasteiger partial charge in [0, 0.05) is 55.9 Å². The van der Waals surface area contributed by atoms with Crippen molar-refractivity contribution in [3.05, 3.63) is 53.1 Å². The van der Waals surface area contributed by atoms with Crippen LogP contribution >= 0.6 is 11.6 Å². The van der Waals surface area contributed by atoms with E-state index in [2.05, 4.69) is 46.5 Å². The topological polar surface area (TPSA) is 41.4 Å². The van der Waals surface area contributed by atoms with Crippen LogP contribution in [0.15, 0.2) is 36.8 Å². The summed E-state index contributed by atoms with van der Waals surface area (Å²) < 4.78 is 2.16. The maximum Gasteiger partial charge on any atom is 0.230 e. The van der Waals surface area contributed by atoms with Gasteiger partial charge in [0.25, 0.3) is 0 Å². The van der Waals surface area contributed by atoms with Crippen molar-refractivity contribution >= 4 is 17.5 Å². The number of halogens is 1. The van der Waals surface area contributed by atoms with Gasteiger partial charge in [0.1, 0.15) is 0 Å². The van der Waals surface area contributed by atoms with Gasteiger partial charge in [-0.05, 0) is 56.7 Å². The number of hydrogen-bond acceptors (Lipinski definition) is 3. The van der Waals surface area contributed by atoms with Gasteiger partial charge in [-0.25, -0.2) is 4.98 Å². The van der Waals surface area contributed by atoms with Crippen LogP contribution in [0.25, 0.3) is 0 Å². The van der Waals surface area contributed by atoms with Gasteiger partial charge in [0.2, 0.25) is 5.91 Å². The molecule has 3 heterocycles. The Morgan fingerprint density at radius 1 is 1.23 bits per heavy atom. The number of amides is 1. The van der Waals surface area contributed by atoms with E-state index in [1.807, 2.05) is 18.5 Å². The van der Waals surface area contributed by atoms with Crippen LogP contribution in [0.4, 0.5) is 0 Å². The Morgan fingerprint density at radius 2 is 2.00 bits per heavy atom. The molecule has 2 aliphatic heterocycles. The first-order valence-electron chi connectivity index (χ1n) is 11.2. The maximum absolute atomic E-state index is 13.7. The van der Waals surface area contributed by atoms with Gasteiger partial charge >= 0.3 is 0 Å². The van der Waals surface area contributed by atoms with E-state index in [0.717, 1.165) is 55.8 Å². The molecule has 1 spiro atoms. The normalized spacial score (nSPS) is 27.1. The van der Waals surface area contributed by atoms with Crippen LogP contribution in [0.3, 0.4) is 0 Å². The highest BCUT2D eigenvalue weighted by atomic mass is 35.5. The van der Waals surface area contributed by atoms with Crippen molar-refractivity contribution in [2.75, 3.05) is 26.2 Å². The molecule has 0 radical (unpaired) electrons. The van der Waals surface area contributed by atoms with Crippen LogP contribution in [-0.2, 0) is 11.3 Å². The lowest BCUT2D eigenvalue weighted by Gasteiger charge is -2.28. The van der Waals surface area contributed by atoms with Gasteiger partial charge in [0.15, 0.2) is 0 Å². The van der Waals surface area contributed by atoms with Crippen LogP contribution in [-0.4, -0.2) is 51.4 Å². The quantitative estimate of drug-likeness (QED) is 0.689. The summed E-state index contributed by atoms with van der Waals surface area (Å²) in [7, 11) is 0. The number of carbonyl (C=O) groups is 1. The second-order valence-electron chi connectivity index (χ2n) is 9.79. The molecule has 0 N–H and O–H groups in total. The lowest BCUT2D eigenvalue weighted by atomic mass is 9.75. The summed E-state index contributed by atoms with van der Waals surface area (Å²) in [5.74, 6) is 1.24. The fourth-order valence-corrected chi connectivity index (χ4v) is 5.41. The van der Waals surface area contributed by atoms with Crippen LogP contribution in [0.5, 0.6) is 0 Å². The highest BCUT2D eigenvalue weighted by Crippen LogP contribution is 2.50. The third-order valence-electron chi connectivity index (χ3n) is 7.22. The molecule has 2 aromatic rings. The summed E-state index contributed by atoms with van der Waals surface area (Å²) in [5.41, 5.74) is 1.98. The highest BCUT2D eigenvalue weighted by molar-refractivity contribution is 6.30. The minimum atomic E-state index is -0.336. The monoisotopic (exact) mass is 426 g/mol. The lowest BCUT2D eigenvalue weighted by molar-refractivity contribution is -0.136. The molecule has 160 valence electrons. The van der Waals surface area contributed by atoms with E-state index >= 15 is 0 Å². The van der Waals surface area contributed by atoms with Crippen molar-refractivity contribution in [1.29, 1.82) is 0 Å². The zero-order valence-electron chi connectivity index (χ0n) is 17.9. The molecule has 3 aliphatic rings. The minimum absolute atomic E-state index is 0.154. The molecule has 3 fully saturated rings. The van der Waals surface area contributed by atoms with E-state index in [4.69, 9.17) is 16.6 Å². The first kappa shape index (κ1) is 20.1. The molecule has 0 bridgehead atoms. The average molecular weight is 427 g/mol. The molecule has 0 unspecified atom stereocenters. The average Bonchev–Trinajstić information content (AvgIpc) is 3.15. The standard InChI is InChI=1S/C24H31ClN4O/c1-17(2)29-14-22(26-16-29)21-13-27(11-18-5-7-20(25)8-6-18)15-24(21)9-10-28(23(24)30)12-19-3-4-19/h5-8,14,16-17,19,21H,3-4,9-13,15H2,1-2H3/t21-,24-/m0/s1. The predicted octanol–water partition coefficient (Wildman–Crippen LogP) is 4.35. The first-order chi connectivity index (χ1) is 14.4. The van der Waals surface area contributed by atoms with E-state index in [0.29, 0.717) is 11.9 Å². The van der Waals surface area contributed by atoms with E-state index in [9.17, 15) is 4.79 Å². The third kappa shape index (κ3) is 3.67. The van der Waals surface area contributed by atoms with Crippen molar-refractivity contribution in [1.82, 2.24) is 19.4 Å². The summed E-state index contributed by atoms with van der Waals surface area (Å²) in [6.45, 7) is 8.71. The Kier molecular flexibility index (Phi) is 5.14. The molecule has 1 aromatic carbocycles. The molecular formula is C24H31ClN4O. The molecule has 5 nitrogen and oxygen atoms in total. The van der Waals surface area contributed by atoms with Gasteiger partial charge in [-0.1, -0.05) is 23.7 Å². The van der Waals surface area contributed by atoms with Crippen molar-refractivity contribution < 1.29 is 4.79 Å². The molecule has 1 aromatic heterocycles. The Balaban J connectivity index is 1.42. The number of likely N-dealkylation sites (tertiary alicyclic amines) is 2. The fourth-order valence-electron chi connectivity index (χ4n) is 5.28. The van der Waals surface area contributed by atoms with E-state index in [1.54, 1.807) is 0 Å². The Labute approximate surface area is 184 Å². The lowest BCUT2D eigenvalue weighted by Crippen LogP contribution is -2.40. The van der Waals surface area contributed by atoms with Crippen LogP contribution in [0.1, 0.15) is 56.3 Å². The molecule has 6 heteroatoms. The van der Waals surface area contributed by atoms with Gasteiger partial charge in [-0.15, -0.1) is 0 Å². The summed E-state index contributed by atoms with van der Waals surface area (Å²) >= 11 is 6.07. The molecule has 2 saturated heterocycles. The van der Waals surface area contributed by atoms with Crippen molar-refractivity contribution in [3.8, 4) is 0 Å². The SMILES string of the molecule is CC(C)n1cnc([C@@H]2CN(Cc3ccc(Cl)cc3)C[C@@]23CCN(CC2CC2)C3=O)c1. The number of nitrogens with zero attached hydrogens (tertiary/aromatic N) is 4. The molecular weight excluding hydrogens is 396 g/mol. The second kappa shape index (κ2) is 7.69. The Bertz CT molecular complexity index is 920. The molecule has 5 rings (SSSR count). The van der Waals surface area contributed by atoms with Crippen molar-refractivity contribution in [2.45, 2.75) is 51.6 Å². The van der Waals surface area contributed by atoms with Crippen molar-refractivity contribution in [2.24, 2.45) is 11.3 Å². The smallest absolute Gasteiger partial charge is 0.230 e. The fraction of sp³-hybridized carbons (Fsp3) is 0.583.